The van der Waals surface area contributed by atoms with Crippen LogP contribution in [0.5, 0.6) is 0 Å². The Hall–Kier alpha value is 0.0700. The van der Waals surface area contributed by atoms with Crippen LogP contribution in [0.2, 0.25) is 0 Å². The fourth-order valence-electron chi connectivity index (χ4n) is 2.08. The second-order valence-corrected chi connectivity index (χ2v) is 8.86. The van der Waals surface area contributed by atoms with Gasteiger partial charge in [0.25, 0.3) is 0 Å². The second-order valence-electron chi connectivity index (χ2n) is 6.68. The van der Waals surface area contributed by atoms with Gasteiger partial charge in [-0.2, -0.15) is 0 Å². The maximum atomic E-state index is 12.2. The van der Waals surface area contributed by atoms with Gasteiger partial charge in [-0.1, -0.05) is 13.8 Å². The zero-order valence-electron chi connectivity index (χ0n) is 15.9. The van der Waals surface area contributed by atoms with Gasteiger partial charge in [0, 0.05) is 13.2 Å². The maximum absolute atomic E-state index is 12.2. The fraction of sp³-hybridized carbons (Fsp3) is 1.00. The summed E-state index contributed by atoms with van der Waals surface area (Å²) in [6.07, 6.45) is 3.26. The average molecular weight is 352 g/mol. The lowest BCUT2D eigenvalue weighted by Crippen LogP contribution is -2.26. The minimum Gasteiger partial charge on any atom is -0.381 e. The molecule has 23 heavy (non-hydrogen) atoms. The number of rotatable bonds is 15. The average Bonchev–Trinajstić information content (AvgIpc) is 2.42. The van der Waals surface area contributed by atoms with E-state index in [9.17, 15) is 4.57 Å². The molecule has 5 nitrogen and oxygen atoms in total. The first-order valence-electron chi connectivity index (χ1n) is 8.84. The SMILES string of the molecule is CCOP(=O)(CCOCCCC(C)(C)OCCC(C)C)OCC. The van der Waals surface area contributed by atoms with Gasteiger partial charge in [0.2, 0.25) is 0 Å². The Bertz CT molecular complexity index is 321. The summed E-state index contributed by atoms with van der Waals surface area (Å²) in [6.45, 7) is 14.9. The highest BCUT2D eigenvalue weighted by molar-refractivity contribution is 7.53. The molecule has 0 aromatic heterocycles. The molecule has 0 spiro atoms. The lowest BCUT2D eigenvalue weighted by Gasteiger charge is -2.26. The standard InChI is InChI=1S/C17H37O5P/c1-7-21-23(18,22-8-2)15-14-19-12-9-11-17(5,6)20-13-10-16(3)4/h16H,7-15H2,1-6H3. The normalized spacial score (nSPS) is 13.0. The quantitative estimate of drug-likeness (QED) is 0.310. The summed E-state index contributed by atoms with van der Waals surface area (Å²) < 4.78 is 34.2. The van der Waals surface area contributed by atoms with Crippen molar-refractivity contribution in [2.24, 2.45) is 5.92 Å². The molecule has 140 valence electrons. The van der Waals surface area contributed by atoms with E-state index in [-0.39, 0.29) is 5.60 Å². The van der Waals surface area contributed by atoms with Gasteiger partial charge >= 0.3 is 7.60 Å². The Labute approximate surface area is 142 Å². The van der Waals surface area contributed by atoms with E-state index in [1.54, 1.807) is 0 Å². The maximum Gasteiger partial charge on any atom is 0.332 e. The molecule has 0 unspecified atom stereocenters. The Morgan fingerprint density at radius 3 is 2.13 bits per heavy atom. The van der Waals surface area contributed by atoms with E-state index < -0.39 is 7.60 Å². The number of hydrogen-bond acceptors (Lipinski definition) is 5. The molecule has 6 heteroatoms. The number of hydrogen-bond donors (Lipinski definition) is 0. The zero-order valence-corrected chi connectivity index (χ0v) is 16.8. The highest BCUT2D eigenvalue weighted by Crippen LogP contribution is 2.47. The summed E-state index contributed by atoms with van der Waals surface area (Å²) in [7, 11) is -2.97. The van der Waals surface area contributed by atoms with Crippen molar-refractivity contribution >= 4 is 7.60 Å². The van der Waals surface area contributed by atoms with Gasteiger partial charge in [-0.3, -0.25) is 4.57 Å². The van der Waals surface area contributed by atoms with Gasteiger partial charge in [0.1, 0.15) is 0 Å². The largest absolute Gasteiger partial charge is 0.381 e. The van der Waals surface area contributed by atoms with Crippen LogP contribution in [-0.4, -0.2) is 44.8 Å². The molecular formula is C17H37O5P. The molecule has 0 bridgehead atoms. The molecular weight excluding hydrogens is 315 g/mol. The first kappa shape index (κ1) is 23.1. The topological polar surface area (TPSA) is 54.0 Å². The summed E-state index contributed by atoms with van der Waals surface area (Å²) in [6, 6.07) is 0. The van der Waals surface area contributed by atoms with E-state index >= 15 is 0 Å². The molecule has 0 aliphatic rings. The smallest absolute Gasteiger partial charge is 0.332 e. The summed E-state index contributed by atoms with van der Waals surface area (Å²) in [5.41, 5.74) is -0.121. The van der Waals surface area contributed by atoms with Crippen molar-refractivity contribution in [3.05, 3.63) is 0 Å². The van der Waals surface area contributed by atoms with E-state index in [1.165, 1.54) is 0 Å². The third kappa shape index (κ3) is 13.1. The highest BCUT2D eigenvalue weighted by Gasteiger charge is 2.23. The first-order valence-corrected chi connectivity index (χ1v) is 10.6. The van der Waals surface area contributed by atoms with E-state index in [2.05, 4.69) is 27.7 Å². The Balaban J connectivity index is 3.80. The predicted octanol–water partition coefficient (Wildman–Crippen LogP) is 4.89. The molecule has 0 amide bonds. The highest BCUT2D eigenvalue weighted by atomic mass is 31.2. The van der Waals surface area contributed by atoms with E-state index in [0.717, 1.165) is 25.9 Å². The molecule has 0 aliphatic heterocycles. The van der Waals surface area contributed by atoms with Gasteiger partial charge in [-0.25, -0.2) is 0 Å². The van der Waals surface area contributed by atoms with Crippen molar-refractivity contribution < 1.29 is 23.1 Å². The van der Waals surface area contributed by atoms with Gasteiger partial charge in [-0.05, 0) is 52.9 Å². The lowest BCUT2D eigenvalue weighted by atomic mass is 10.0. The molecule has 0 saturated heterocycles. The van der Waals surface area contributed by atoms with Crippen LogP contribution in [0.4, 0.5) is 0 Å². The van der Waals surface area contributed by atoms with Crippen molar-refractivity contribution in [3.8, 4) is 0 Å². The molecule has 0 atom stereocenters. The summed E-state index contributed by atoms with van der Waals surface area (Å²) in [5, 5.41) is 0. The summed E-state index contributed by atoms with van der Waals surface area (Å²) in [4.78, 5) is 0. The van der Waals surface area contributed by atoms with Crippen molar-refractivity contribution in [1.82, 2.24) is 0 Å². The van der Waals surface area contributed by atoms with Crippen LogP contribution in [0, 0.1) is 5.92 Å². The number of ether oxygens (including phenoxy) is 2. The van der Waals surface area contributed by atoms with Gasteiger partial charge < -0.3 is 18.5 Å². The summed E-state index contributed by atoms with van der Waals surface area (Å²) in [5.74, 6) is 0.667. The van der Waals surface area contributed by atoms with Crippen LogP contribution in [0.15, 0.2) is 0 Å². The molecule has 0 radical (unpaired) electrons. The second kappa shape index (κ2) is 12.4. The van der Waals surface area contributed by atoms with Crippen LogP contribution in [0.1, 0.15) is 60.8 Å². The van der Waals surface area contributed by atoms with Crippen LogP contribution in [0.3, 0.4) is 0 Å². The first-order chi connectivity index (χ1) is 10.7. The zero-order chi connectivity index (χ0) is 17.8. The van der Waals surface area contributed by atoms with Crippen LogP contribution >= 0.6 is 7.60 Å². The van der Waals surface area contributed by atoms with Gasteiger partial charge in [-0.15, -0.1) is 0 Å². The van der Waals surface area contributed by atoms with Crippen molar-refractivity contribution in [2.75, 3.05) is 39.2 Å². The van der Waals surface area contributed by atoms with Gasteiger partial charge in [0.05, 0.1) is 31.6 Å². The molecule has 0 aromatic rings. The Morgan fingerprint density at radius 2 is 1.61 bits per heavy atom. The molecule has 0 fully saturated rings. The van der Waals surface area contributed by atoms with Crippen LogP contribution in [-0.2, 0) is 23.1 Å². The minimum absolute atomic E-state index is 0.121. The molecule has 0 heterocycles. The fourth-order valence-corrected chi connectivity index (χ4v) is 3.55. The third-order valence-corrected chi connectivity index (χ3v) is 5.45. The summed E-state index contributed by atoms with van der Waals surface area (Å²) >= 11 is 0. The Morgan fingerprint density at radius 1 is 1.00 bits per heavy atom. The van der Waals surface area contributed by atoms with Crippen LogP contribution < -0.4 is 0 Å². The van der Waals surface area contributed by atoms with Gasteiger partial charge in [0.15, 0.2) is 0 Å². The van der Waals surface area contributed by atoms with E-state index in [1.807, 2.05) is 13.8 Å². The monoisotopic (exact) mass is 352 g/mol. The van der Waals surface area contributed by atoms with Crippen molar-refractivity contribution in [3.63, 3.8) is 0 Å². The predicted molar refractivity (Wildman–Crippen MR) is 95.3 cm³/mol. The lowest BCUT2D eigenvalue weighted by molar-refractivity contribution is -0.0331. The molecule has 0 rings (SSSR count). The molecule has 0 aromatic carbocycles. The molecule has 0 aliphatic carbocycles. The Kier molecular flexibility index (Phi) is 12.5. The molecule has 0 N–H and O–H groups in total. The van der Waals surface area contributed by atoms with Crippen molar-refractivity contribution in [2.45, 2.75) is 66.4 Å². The third-order valence-electron chi connectivity index (χ3n) is 3.42. The van der Waals surface area contributed by atoms with Crippen LogP contribution in [0.25, 0.3) is 0 Å². The minimum atomic E-state index is -2.97. The van der Waals surface area contributed by atoms with E-state index in [0.29, 0.717) is 38.5 Å². The molecule has 0 saturated carbocycles. The van der Waals surface area contributed by atoms with Crippen molar-refractivity contribution in [1.29, 1.82) is 0 Å². The van der Waals surface area contributed by atoms with E-state index in [4.69, 9.17) is 18.5 Å².